The predicted molar refractivity (Wildman–Crippen MR) is 66.2 cm³/mol. The Bertz CT molecular complexity index is 512. The smallest absolute Gasteiger partial charge is 0.325 e. The molecule has 2 rings (SSSR count). The van der Waals surface area contributed by atoms with E-state index in [4.69, 9.17) is 0 Å². The van der Waals surface area contributed by atoms with Crippen molar-refractivity contribution in [3.63, 3.8) is 0 Å². The van der Waals surface area contributed by atoms with Crippen molar-refractivity contribution in [3.8, 4) is 0 Å². The molecule has 8 heteroatoms. The van der Waals surface area contributed by atoms with Gasteiger partial charge >= 0.3 is 6.03 Å². The molecular weight excluding hydrogens is 250 g/mol. The monoisotopic (exact) mass is 265 g/mol. The molecule has 1 atom stereocenters. The van der Waals surface area contributed by atoms with Crippen molar-refractivity contribution in [1.29, 1.82) is 0 Å². The van der Waals surface area contributed by atoms with E-state index in [1.54, 1.807) is 20.0 Å². The number of H-pyrrole nitrogens is 1. The molecule has 3 N–H and O–H groups in total. The van der Waals surface area contributed by atoms with E-state index >= 15 is 0 Å². The van der Waals surface area contributed by atoms with Crippen LogP contribution in [0.5, 0.6) is 0 Å². The molecule has 19 heavy (non-hydrogen) atoms. The van der Waals surface area contributed by atoms with E-state index in [1.807, 2.05) is 0 Å². The van der Waals surface area contributed by atoms with Gasteiger partial charge in [0.15, 0.2) is 0 Å². The standard InChI is InChI=1S/C11H15N5O3/c1-3-11(2)8(18)16(10(19)15-11)6-7(17)14-9-12-4-5-13-9/h4-5H,3,6H2,1-2H3,(H,15,19)(H2,12,13,14,17). The van der Waals surface area contributed by atoms with E-state index in [0.717, 1.165) is 4.90 Å². The van der Waals surface area contributed by atoms with Gasteiger partial charge < -0.3 is 10.3 Å². The summed E-state index contributed by atoms with van der Waals surface area (Å²) in [6.07, 6.45) is 3.50. The Balaban J connectivity index is 2.01. The Labute approximate surface area is 109 Å². The SMILES string of the molecule is CCC1(C)NC(=O)N(CC(=O)Nc2ncc[nH]2)C1=O. The number of carbonyl (C=O) groups excluding carboxylic acids is 3. The highest BCUT2D eigenvalue weighted by Crippen LogP contribution is 2.20. The van der Waals surface area contributed by atoms with E-state index in [1.165, 1.54) is 6.20 Å². The molecule has 1 aliphatic heterocycles. The lowest BCUT2D eigenvalue weighted by atomic mass is 9.99. The van der Waals surface area contributed by atoms with E-state index in [0.29, 0.717) is 6.42 Å². The summed E-state index contributed by atoms with van der Waals surface area (Å²) in [5, 5.41) is 5.03. The Morgan fingerprint density at radius 2 is 2.26 bits per heavy atom. The van der Waals surface area contributed by atoms with E-state index in [2.05, 4.69) is 20.6 Å². The fourth-order valence-corrected chi connectivity index (χ4v) is 1.78. The minimum absolute atomic E-state index is 0.273. The molecule has 0 bridgehead atoms. The number of imide groups is 1. The first kappa shape index (κ1) is 13.1. The Morgan fingerprint density at radius 3 is 2.79 bits per heavy atom. The number of imidazole rings is 1. The molecule has 102 valence electrons. The quantitative estimate of drug-likeness (QED) is 0.669. The van der Waals surface area contributed by atoms with Gasteiger partial charge in [-0.15, -0.1) is 0 Å². The molecule has 1 aliphatic rings. The van der Waals surface area contributed by atoms with E-state index in [-0.39, 0.29) is 12.5 Å². The zero-order valence-corrected chi connectivity index (χ0v) is 10.7. The molecule has 0 radical (unpaired) electrons. The maximum Gasteiger partial charge on any atom is 0.325 e. The molecule has 2 heterocycles. The van der Waals surface area contributed by atoms with Crippen LogP contribution in [0, 0.1) is 0 Å². The second kappa shape index (κ2) is 4.71. The molecule has 0 aliphatic carbocycles. The lowest BCUT2D eigenvalue weighted by Crippen LogP contribution is -2.44. The van der Waals surface area contributed by atoms with Gasteiger partial charge in [0.25, 0.3) is 5.91 Å². The number of carbonyl (C=O) groups is 3. The Hall–Kier alpha value is -2.38. The number of anilines is 1. The van der Waals surface area contributed by atoms with Crippen LogP contribution in [0.2, 0.25) is 0 Å². The first-order valence-electron chi connectivity index (χ1n) is 5.89. The third-order valence-electron chi connectivity index (χ3n) is 3.11. The first-order valence-corrected chi connectivity index (χ1v) is 5.89. The summed E-state index contributed by atoms with van der Waals surface area (Å²) in [5.74, 6) is -0.608. The van der Waals surface area contributed by atoms with Gasteiger partial charge in [0.1, 0.15) is 12.1 Å². The zero-order valence-electron chi connectivity index (χ0n) is 10.7. The summed E-state index contributed by atoms with van der Waals surface area (Å²) in [4.78, 5) is 42.9. The zero-order chi connectivity index (χ0) is 14.0. The Kier molecular flexibility index (Phi) is 3.24. The number of urea groups is 1. The van der Waals surface area contributed by atoms with Gasteiger partial charge in [-0.3, -0.25) is 19.8 Å². The number of aromatic amines is 1. The minimum Gasteiger partial charge on any atom is -0.331 e. The second-order valence-electron chi connectivity index (χ2n) is 4.49. The molecule has 1 aromatic heterocycles. The normalized spacial score (nSPS) is 22.5. The van der Waals surface area contributed by atoms with Gasteiger partial charge in [0.2, 0.25) is 11.9 Å². The van der Waals surface area contributed by atoms with Crippen LogP contribution in [0.15, 0.2) is 12.4 Å². The average Bonchev–Trinajstić information content (AvgIpc) is 2.93. The van der Waals surface area contributed by atoms with Crippen LogP contribution >= 0.6 is 0 Å². The summed E-state index contributed by atoms with van der Waals surface area (Å²) >= 11 is 0. The number of nitrogens with zero attached hydrogens (tertiary/aromatic N) is 2. The molecule has 1 saturated heterocycles. The number of hydrogen-bond acceptors (Lipinski definition) is 4. The average molecular weight is 265 g/mol. The van der Waals surface area contributed by atoms with Crippen molar-refractivity contribution in [2.24, 2.45) is 0 Å². The topological polar surface area (TPSA) is 107 Å². The molecule has 4 amide bonds. The summed E-state index contributed by atoms with van der Waals surface area (Å²) < 4.78 is 0. The van der Waals surface area contributed by atoms with Gasteiger partial charge in [-0.25, -0.2) is 9.78 Å². The summed E-state index contributed by atoms with van der Waals surface area (Å²) in [5.41, 5.74) is -0.929. The maximum atomic E-state index is 12.0. The lowest BCUT2D eigenvalue weighted by molar-refractivity contribution is -0.133. The highest BCUT2D eigenvalue weighted by Gasteiger charge is 2.46. The lowest BCUT2D eigenvalue weighted by Gasteiger charge is -2.18. The molecular formula is C11H15N5O3. The van der Waals surface area contributed by atoms with Crippen LogP contribution < -0.4 is 10.6 Å². The fourth-order valence-electron chi connectivity index (χ4n) is 1.78. The third kappa shape index (κ3) is 2.42. The van der Waals surface area contributed by atoms with Crippen LogP contribution in [0.25, 0.3) is 0 Å². The number of amides is 4. The largest absolute Gasteiger partial charge is 0.331 e. The second-order valence-corrected chi connectivity index (χ2v) is 4.49. The number of nitrogens with one attached hydrogen (secondary N) is 3. The van der Waals surface area contributed by atoms with Gasteiger partial charge in [-0.05, 0) is 13.3 Å². The predicted octanol–water partition coefficient (Wildman–Crippen LogP) is 0.0687. The molecule has 8 nitrogen and oxygen atoms in total. The van der Waals surface area contributed by atoms with E-state index in [9.17, 15) is 14.4 Å². The highest BCUT2D eigenvalue weighted by molar-refractivity contribution is 6.09. The minimum atomic E-state index is -0.929. The van der Waals surface area contributed by atoms with Gasteiger partial charge in [0, 0.05) is 12.4 Å². The van der Waals surface area contributed by atoms with Crippen LogP contribution in [0.4, 0.5) is 10.7 Å². The molecule has 1 fully saturated rings. The van der Waals surface area contributed by atoms with Crippen LogP contribution in [-0.4, -0.2) is 44.8 Å². The number of aromatic nitrogens is 2. The summed E-state index contributed by atoms with van der Waals surface area (Å²) in [6, 6.07) is -0.552. The molecule has 0 aromatic carbocycles. The molecule has 0 saturated carbocycles. The van der Waals surface area contributed by atoms with Crippen molar-refractivity contribution >= 4 is 23.8 Å². The first-order chi connectivity index (χ1) is 8.96. The highest BCUT2D eigenvalue weighted by atomic mass is 16.2. The summed E-state index contributed by atoms with van der Waals surface area (Å²) in [7, 11) is 0. The Morgan fingerprint density at radius 1 is 1.53 bits per heavy atom. The van der Waals surface area contributed by atoms with Crippen molar-refractivity contribution in [2.75, 3.05) is 11.9 Å². The molecule has 1 aromatic rings. The fraction of sp³-hybridized carbons (Fsp3) is 0.455. The van der Waals surface area contributed by atoms with Crippen molar-refractivity contribution in [2.45, 2.75) is 25.8 Å². The van der Waals surface area contributed by atoms with Gasteiger partial charge in [-0.2, -0.15) is 0 Å². The molecule has 0 spiro atoms. The van der Waals surface area contributed by atoms with Crippen molar-refractivity contribution in [3.05, 3.63) is 12.4 Å². The van der Waals surface area contributed by atoms with Crippen LogP contribution in [0.1, 0.15) is 20.3 Å². The molecule has 1 unspecified atom stereocenters. The summed E-state index contributed by atoms with van der Waals surface area (Å²) in [6.45, 7) is 3.10. The van der Waals surface area contributed by atoms with Gasteiger partial charge in [-0.1, -0.05) is 6.92 Å². The number of rotatable bonds is 4. The van der Waals surface area contributed by atoms with Crippen molar-refractivity contribution < 1.29 is 14.4 Å². The van der Waals surface area contributed by atoms with Crippen LogP contribution in [-0.2, 0) is 9.59 Å². The van der Waals surface area contributed by atoms with Gasteiger partial charge in [0.05, 0.1) is 0 Å². The van der Waals surface area contributed by atoms with E-state index < -0.39 is 23.4 Å². The third-order valence-corrected chi connectivity index (χ3v) is 3.11. The van der Waals surface area contributed by atoms with Crippen molar-refractivity contribution in [1.82, 2.24) is 20.2 Å². The maximum absolute atomic E-state index is 12.0. The number of hydrogen-bond donors (Lipinski definition) is 3. The van der Waals surface area contributed by atoms with Crippen LogP contribution in [0.3, 0.4) is 0 Å².